The zero-order valence-corrected chi connectivity index (χ0v) is 10.7. The number of aromatic carboxylic acids is 1. The number of carboxylic acid groups (broad SMARTS) is 1. The van der Waals surface area contributed by atoms with Gasteiger partial charge in [-0.15, -0.1) is 10.2 Å². The van der Waals surface area contributed by atoms with E-state index in [4.69, 9.17) is 5.11 Å². The van der Waals surface area contributed by atoms with E-state index in [9.17, 15) is 4.79 Å². The Morgan fingerprint density at radius 3 is 2.72 bits per heavy atom. The zero-order valence-electron chi connectivity index (χ0n) is 10.7. The van der Waals surface area contributed by atoms with Crippen molar-refractivity contribution < 1.29 is 9.90 Å². The number of aryl methyl sites for hydroxylation is 2. The zero-order chi connectivity index (χ0) is 13.3. The molecule has 96 valence electrons. The molecule has 0 bridgehead atoms. The van der Waals surface area contributed by atoms with Gasteiger partial charge in [0, 0.05) is 17.9 Å². The smallest absolute Gasteiger partial charge is 0.337 e. The van der Waals surface area contributed by atoms with Gasteiger partial charge in [-0.05, 0) is 26.8 Å². The molecule has 0 aliphatic carbocycles. The van der Waals surface area contributed by atoms with E-state index in [1.807, 2.05) is 29.9 Å². The van der Waals surface area contributed by atoms with Crippen molar-refractivity contribution in [3.63, 3.8) is 0 Å². The number of carbonyl (C=O) groups is 1. The fourth-order valence-corrected chi connectivity index (χ4v) is 2.07. The Labute approximate surface area is 105 Å². The SMILES string of the molecule is CCn1cnnc1Cn1c(C)cc(C(=O)O)c1C. The lowest BCUT2D eigenvalue weighted by molar-refractivity contribution is 0.0696. The Balaban J connectivity index is 2.38. The Bertz CT molecular complexity index is 583. The maximum Gasteiger partial charge on any atom is 0.337 e. The predicted octanol–water partition coefficient (Wildman–Crippen LogP) is 1.46. The summed E-state index contributed by atoms with van der Waals surface area (Å²) in [7, 11) is 0. The van der Waals surface area contributed by atoms with Crippen LogP contribution in [0.1, 0.15) is 34.5 Å². The minimum atomic E-state index is -0.897. The molecular formula is C12H16N4O2. The lowest BCUT2D eigenvalue weighted by Crippen LogP contribution is -2.10. The van der Waals surface area contributed by atoms with Gasteiger partial charge in [-0.3, -0.25) is 0 Å². The lowest BCUT2D eigenvalue weighted by Gasteiger charge is -2.09. The first kappa shape index (κ1) is 12.3. The maximum absolute atomic E-state index is 11.1. The fourth-order valence-electron chi connectivity index (χ4n) is 2.07. The molecule has 0 amide bonds. The van der Waals surface area contributed by atoms with Crippen LogP contribution in [-0.4, -0.2) is 30.4 Å². The van der Waals surface area contributed by atoms with Crippen molar-refractivity contribution in [2.75, 3.05) is 0 Å². The number of hydrogen-bond acceptors (Lipinski definition) is 3. The monoisotopic (exact) mass is 248 g/mol. The van der Waals surface area contributed by atoms with Gasteiger partial charge in [0.05, 0.1) is 12.1 Å². The van der Waals surface area contributed by atoms with Gasteiger partial charge in [0.15, 0.2) is 5.82 Å². The second-order valence-electron chi connectivity index (χ2n) is 4.21. The summed E-state index contributed by atoms with van der Waals surface area (Å²) in [6, 6.07) is 1.68. The topological polar surface area (TPSA) is 72.9 Å². The van der Waals surface area contributed by atoms with Crippen LogP contribution in [0.3, 0.4) is 0 Å². The normalized spacial score (nSPS) is 10.8. The Morgan fingerprint density at radius 1 is 1.44 bits per heavy atom. The maximum atomic E-state index is 11.1. The van der Waals surface area contributed by atoms with Crippen LogP contribution in [0.2, 0.25) is 0 Å². The summed E-state index contributed by atoms with van der Waals surface area (Å²) >= 11 is 0. The van der Waals surface area contributed by atoms with Crippen molar-refractivity contribution in [2.45, 2.75) is 33.9 Å². The van der Waals surface area contributed by atoms with Crippen LogP contribution < -0.4 is 0 Å². The second-order valence-corrected chi connectivity index (χ2v) is 4.21. The van der Waals surface area contributed by atoms with E-state index in [1.54, 1.807) is 12.4 Å². The Hall–Kier alpha value is -2.11. The highest BCUT2D eigenvalue weighted by Gasteiger charge is 2.16. The minimum absolute atomic E-state index is 0.343. The molecule has 0 aliphatic rings. The van der Waals surface area contributed by atoms with Crippen LogP contribution in [0, 0.1) is 13.8 Å². The van der Waals surface area contributed by atoms with E-state index < -0.39 is 5.97 Å². The molecule has 0 radical (unpaired) electrons. The Morgan fingerprint density at radius 2 is 2.17 bits per heavy atom. The molecule has 0 aromatic carbocycles. The molecule has 0 aliphatic heterocycles. The van der Waals surface area contributed by atoms with Gasteiger partial charge < -0.3 is 14.2 Å². The van der Waals surface area contributed by atoms with E-state index in [-0.39, 0.29) is 0 Å². The van der Waals surface area contributed by atoms with E-state index in [1.165, 1.54) is 0 Å². The summed E-state index contributed by atoms with van der Waals surface area (Å²) in [6.07, 6.45) is 1.68. The van der Waals surface area contributed by atoms with Crippen LogP contribution in [0.4, 0.5) is 0 Å². The van der Waals surface area contributed by atoms with Gasteiger partial charge in [0.2, 0.25) is 0 Å². The van der Waals surface area contributed by atoms with Crippen LogP contribution in [0.5, 0.6) is 0 Å². The molecular weight excluding hydrogens is 232 g/mol. The summed E-state index contributed by atoms with van der Waals surface area (Å²) in [6.45, 7) is 7.06. The number of rotatable bonds is 4. The molecule has 0 unspecified atom stereocenters. The van der Waals surface area contributed by atoms with E-state index in [0.29, 0.717) is 12.1 Å². The molecule has 0 saturated carbocycles. The molecule has 0 saturated heterocycles. The van der Waals surface area contributed by atoms with E-state index >= 15 is 0 Å². The van der Waals surface area contributed by atoms with Crippen molar-refractivity contribution in [3.8, 4) is 0 Å². The summed E-state index contributed by atoms with van der Waals surface area (Å²) in [5.74, 6) is -0.0671. The highest BCUT2D eigenvalue weighted by Crippen LogP contribution is 2.16. The van der Waals surface area contributed by atoms with Crippen molar-refractivity contribution in [1.82, 2.24) is 19.3 Å². The van der Waals surface area contributed by atoms with Crippen LogP contribution >= 0.6 is 0 Å². The van der Waals surface area contributed by atoms with Crippen molar-refractivity contribution in [3.05, 3.63) is 35.2 Å². The van der Waals surface area contributed by atoms with E-state index in [0.717, 1.165) is 23.8 Å². The van der Waals surface area contributed by atoms with Gasteiger partial charge >= 0.3 is 5.97 Å². The predicted molar refractivity (Wildman–Crippen MR) is 65.7 cm³/mol. The molecule has 6 nitrogen and oxygen atoms in total. The average Bonchev–Trinajstić information content (AvgIpc) is 2.88. The van der Waals surface area contributed by atoms with E-state index in [2.05, 4.69) is 10.2 Å². The molecule has 2 heterocycles. The van der Waals surface area contributed by atoms with Gasteiger partial charge in [-0.25, -0.2) is 4.79 Å². The first-order valence-electron chi connectivity index (χ1n) is 5.81. The first-order chi connectivity index (χ1) is 8.54. The molecule has 1 N–H and O–H groups in total. The van der Waals surface area contributed by atoms with Gasteiger partial charge in [-0.1, -0.05) is 0 Å². The van der Waals surface area contributed by atoms with Crippen LogP contribution in [0.25, 0.3) is 0 Å². The average molecular weight is 248 g/mol. The fraction of sp³-hybridized carbons (Fsp3) is 0.417. The van der Waals surface area contributed by atoms with Crippen molar-refractivity contribution in [2.24, 2.45) is 0 Å². The van der Waals surface area contributed by atoms with Crippen LogP contribution in [-0.2, 0) is 13.1 Å². The summed E-state index contributed by atoms with van der Waals surface area (Å²) in [4.78, 5) is 11.1. The minimum Gasteiger partial charge on any atom is -0.478 e. The quantitative estimate of drug-likeness (QED) is 0.889. The number of nitrogens with zero attached hydrogens (tertiary/aromatic N) is 4. The summed E-state index contributed by atoms with van der Waals surface area (Å²) in [5, 5.41) is 17.0. The van der Waals surface area contributed by atoms with Gasteiger partial charge in [0.25, 0.3) is 0 Å². The third-order valence-corrected chi connectivity index (χ3v) is 3.14. The van der Waals surface area contributed by atoms with Gasteiger partial charge in [0.1, 0.15) is 6.33 Å². The molecule has 0 fully saturated rings. The van der Waals surface area contributed by atoms with Gasteiger partial charge in [-0.2, -0.15) is 0 Å². The molecule has 18 heavy (non-hydrogen) atoms. The highest BCUT2D eigenvalue weighted by atomic mass is 16.4. The second kappa shape index (κ2) is 4.64. The summed E-state index contributed by atoms with van der Waals surface area (Å²) < 4.78 is 3.89. The number of hydrogen-bond donors (Lipinski definition) is 1. The number of carboxylic acids is 1. The number of aromatic nitrogens is 4. The van der Waals surface area contributed by atoms with Crippen LogP contribution in [0.15, 0.2) is 12.4 Å². The molecule has 6 heteroatoms. The highest BCUT2D eigenvalue weighted by molar-refractivity contribution is 5.89. The Kier molecular flexibility index (Phi) is 3.18. The summed E-state index contributed by atoms with van der Waals surface area (Å²) in [5.41, 5.74) is 2.00. The molecule has 0 atom stereocenters. The lowest BCUT2D eigenvalue weighted by atomic mass is 10.2. The molecule has 2 aromatic heterocycles. The van der Waals surface area contributed by atoms with Crippen molar-refractivity contribution >= 4 is 5.97 Å². The molecule has 0 spiro atoms. The van der Waals surface area contributed by atoms with Crippen molar-refractivity contribution in [1.29, 1.82) is 0 Å². The third-order valence-electron chi connectivity index (χ3n) is 3.14. The standard InChI is InChI=1S/C12H16N4O2/c1-4-15-7-13-14-11(15)6-16-8(2)5-10(9(16)3)12(17)18/h5,7H,4,6H2,1-3H3,(H,17,18). The first-order valence-corrected chi connectivity index (χ1v) is 5.81. The third kappa shape index (κ3) is 2.01. The largest absolute Gasteiger partial charge is 0.478 e. The molecule has 2 rings (SSSR count). The molecule has 2 aromatic rings.